The number of amidine groups is 1. The highest BCUT2D eigenvalue weighted by atomic mass is 19.1. The summed E-state index contributed by atoms with van der Waals surface area (Å²) < 4.78 is 19.3. The number of carbonyl (C=O) groups excluding carboxylic acids is 1. The molecule has 0 saturated carbocycles. The lowest BCUT2D eigenvalue weighted by Gasteiger charge is -2.18. The molecule has 0 fully saturated rings. The SMILES string of the molecule is COc1ccc(C2=NC(=Cc3ccccc3F)C(=O)N2c2ccc(O)cc2)cc1. The third kappa shape index (κ3) is 3.60. The monoisotopic (exact) mass is 388 g/mol. The molecule has 144 valence electrons. The Hall–Kier alpha value is -3.93. The number of benzene rings is 3. The predicted molar refractivity (Wildman–Crippen MR) is 110 cm³/mol. The molecule has 29 heavy (non-hydrogen) atoms. The first-order valence-electron chi connectivity index (χ1n) is 8.89. The van der Waals surface area contributed by atoms with Gasteiger partial charge in [0.2, 0.25) is 0 Å². The standard InChI is InChI=1S/C23H17FN2O3/c1-29-19-12-6-15(7-13-19)22-25-21(14-16-4-2-3-5-20(16)24)23(28)26(22)17-8-10-18(27)11-9-17/h2-14,27H,1H3. The lowest BCUT2D eigenvalue weighted by molar-refractivity contribution is -0.113. The first-order valence-corrected chi connectivity index (χ1v) is 8.89. The lowest BCUT2D eigenvalue weighted by atomic mass is 10.1. The van der Waals surface area contributed by atoms with Crippen LogP contribution in [-0.4, -0.2) is 24.0 Å². The number of nitrogens with zero attached hydrogens (tertiary/aromatic N) is 2. The summed E-state index contributed by atoms with van der Waals surface area (Å²) in [5.74, 6) is 0.357. The number of phenols is 1. The molecule has 0 unspecified atom stereocenters. The van der Waals surface area contributed by atoms with Gasteiger partial charge in [-0.25, -0.2) is 9.38 Å². The van der Waals surface area contributed by atoms with Crippen LogP contribution in [0.1, 0.15) is 11.1 Å². The summed E-state index contributed by atoms with van der Waals surface area (Å²) in [6, 6.07) is 19.6. The number of rotatable bonds is 4. The fraction of sp³-hybridized carbons (Fsp3) is 0.0435. The zero-order chi connectivity index (χ0) is 20.4. The lowest BCUT2D eigenvalue weighted by Crippen LogP contribution is -2.32. The van der Waals surface area contributed by atoms with E-state index in [0.717, 1.165) is 0 Å². The van der Waals surface area contributed by atoms with E-state index in [1.807, 2.05) is 0 Å². The Bertz CT molecular complexity index is 1120. The number of hydrogen-bond donors (Lipinski definition) is 1. The van der Waals surface area contributed by atoms with Crippen LogP contribution in [0.2, 0.25) is 0 Å². The number of phenolic OH excluding ortho intramolecular Hbond substituents is 1. The van der Waals surface area contributed by atoms with Crippen LogP contribution in [0.5, 0.6) is 11.5 Å². The quantitative estimate of drug-likeness (QED) is 0.675. The molecule has 3 aromatic carbocycles. The summed E-state index contributed by atoms with van der Waals surface area (Å²) in [5, 5.41) is 9.58. The number of amides is 1. The van der Waals surface area contributed by atoms with Gasteiger partial charge in [-0.3, -0.25) is 9.69 Å². The Morgan fingerprint density at radius 2 is 1.69 bits per heavy atom. The summed E-state index contributed by atoms with van der Waals surface area (Å²) >= 11 is 0. The topological polar surface area (TPSA) is 62.1 Å². The van der Waals surface area contributed by atoms with Gasteiger partial charge in [0.25, 0.3) is 5.91 Å². The van der Waals surface area contributed by atoms with Gasteiger partial charge in [0, 0.05) is 11.1 Å². The van der Waals surface area contributed by atoms with E-state index in [2.05, 4.69) is 4.99 Å². The first-order chi connectivity index (χ1) is 14.1. The predicted octanol–water partition coefficient (Wildman–Crippen LogP) is 4.37. The number of aliphatic imine (C=N–C) groups is 1. The number of anilines is 1. The molecule has 4 rings (SSSR count). The summed E-state index contributed by atoms with van der Waals surface area (Å²) in [5.41, 5.74) is 1.64. The number of carbonyl (C=O) groups is 1. The molecular formula is C23H17FN2O3. The summed E-state index contributed by atoms with van der Waals surface area (Å²) in [6.07, 6.45) is 1.43. The zero-order valence-corrected chi connectivity index (χ0v) is 15.5. The van der Waals surface area contributed by atoms with Gasteiger partial charge in [0.15, 0.2) is 0 Å². The van der Waals surface area contributed by atoms with Crippen molar-refractivity contribution in [1.82, 2.24) is 0 Å². The average molecular weight is 388 g/mol. The van der Waals surface area contributed by atoms with Crippen molar-refractivity contribution in [2.24, 2.45) is 4.99 Å². The van der Waals surface area contributed by atoms with Crippen LogP contribution < -0.4 is 9.64 Å². The van der Waals surface area contributed by atoms with Gasteiger partial charge in [0.05, 0.1) is 12.8 Å². The van der Waals surface area contributed by atoms with Gasteiger partial charge in [-0.1, -0.05) is 18.2 Å². The largest absolute Gasteiger partial charge is 0.508 e. The van der Waals surface area contributed by atoms with E-state index >= 15 is 0 Å². The Morgan fingerprint density at radius 3 is 2.34 bits per heavy atom. The van der Waals surface area contributed by atoms with Gasteiger partial charge < -0.3 is 9.84 Å². The maximum Gasteiger partial charge on any atom is 0.282 e. The number of ether oxygens (including phenoxy) is 1. The zero-order valence-electron chi connectivity index (χ0n) is 15.5. The van der Waals surface area contributed by atoms with E-state index < -0.39 is 5.82 Å². The average Bonchev–Trinajstić information content (AvgIpc) is 3.06. The highest BCUT2D eigenvalue weighted by Gasteiger charge is 2.32. The van der Waals surface area contributed by atoms with Gasteiger partial charge in [0.1, 0.15) is 28.8 Å². The summed E-state index contributed by atoms with van der Waals surface area (Å²) in [4.78, 5) is 19.1. The minimum Gasteiger partial charge on any atom is -0.508 e. The molecule has 0 radical (unpaired) electrons. The Labute approximate surface area is 167 Å². The summed E-state index contributed by atoms with van der Waals surface area (Å²) in [6.45, 7) is 0. The minimum absolute atomic E-state index is 0.0884. The van der Waals surface area contributed by atoms with Crippen molar-refractivity contribution in [1.29, 1.82) is 0 Å². The maximum atomic E-state index is 14.1. The Balaban J connectivity index is 1.82. The van der Waals surface area contributed by atoms with E-state index in [9.17, 15) is 14.3 Å². The van der Waals surface area contributed by atoms with Gasteiger partial charge in [-0.05, 0) is 60.7 Å². The molecule has 1 amide bonds. The first kappa shape index (κ1) is 18.4. The van der Waals surface area contributed by atoms with E-state index in [4.69, 9.17) is 4.74 Å². The number of methoxy groups -OCH3 is 1. The second kappa shape index (κ2) is 7.59. The second-order valence-corrected chi connectivity index (χ2v) is 6.37. The van der Waals surface area contributed by atoms with E-state index in [1.54, 1.807) is 61.7 Å². The molecule has 0 aromatic heterocycles. The van der Waals surface area contributed by atoms with E-state index in [1.165, 1.54) is 29.2 Å². The van der Waals surface area contributed by atoms with Gasteiger partial charge >= 0.3 is 0 Å². The molecule has 1 aliphatic rings. The minimum atomic E-state index is -0.433. The Morgan fingerprint density at radius 1 is 1.00 bits per heavy atom. The van der Waals surface area contributed by atoms with Crippen LogP contribution in [0.4, 0.5) is 10.1 Å². The highest BCUT2D eigenvalue weighted by Crippen LogP contribution is 2.29. The molecule has 3 aromatic rings. The van der Waals surface area contributed by atoms with Crippen LogP contribution in [0.25, 0.3) is 6.08 Å². The third-order valence-electron chi connectivity index (χ3n) is 4.51. The molecule has 0 spiro atoms. The van der Waals surface area contributed by atoms with Crippen LogP contribution in [0.15, 0.2) is 83.5 Å². The highest BCUT2D eigenvalue weighted by molar-refractivity contribution is 6.33. The van der Waals surface area contributed by atoms with Crippen LogP contribution in [-0.2, 0) is 4.79 Å². The van der Waals surface area contributed by atoms with Crippen LogP contribution in [0.3, 0.4) is 0 Å². The number of halogens is 1. The molecule has 0 aliphatic carbocycles. The van der Waals surface area contributed by atoms with Crippen molar-refractivity contribution < 1.29 is 19.0 Å². The molecule has 6 heteroatoms. The molecule has 0 atom stereocenters. The normalized spacial score (nSPS) is 15.0. The van der Waals surface area contributed by atoms with Crippen molar-refractivity contribution in [3.8, 4) is 11.5 Å². The fourth-order valence-corrected chi connectivity index (χ4v) is 3.03. The van der Waals surface area contributed by atoms with Crippen LogP contribution in [0, 0.1) is 5.82 Å². The molecule has 1 N–H and O–H groups in total. The van der Waals surface area contributed by atoms with Crippen LogP contribution >= 0.6 is 0 Å². The van der Waals surface area contributed by atoms with Crippen molar-refractivity contribution in [3.05, 3.63) is 95.4 Å². The molecule has 5 nitrogen and oxygen atoms in total. The number of aromatic hydroxyl groups is 1. The van der Waals surface area contributed by atoms with Crippen molar-refractivity contribution >= 4 is 23.5 Å². The fourth-order valence-electron chi connectivity index (χ4n) is 3.03. The van der Waals surface area contributed by atoms with E-state index in [0.29, 0.717) is 22.8 Å². The smallest absolute Gasteiger partial charge is 0.282 e. The van der Waals surface area contributed by atoms with Crippen molar-refractivity contribution in [2.45, 2.75) is 0 Å². The molecule has 0 bridgehead atoms. The molecule has 0 saturated heterocycles. The Kier molecular flexibility index (Phi) is 4.83. The molecule has 1 aliphatic heterocycles. The van der Waals surface area contributed by atoms with E-state index in [-0.39, 0.29) is 22.9 Å². The molecular weight excluding hydrogens is 371 g/mol. The van der Waals surface area contributed by atoms with Gasteiger partial charge in [-0.15, -0.1) is 0 Å². The van der Waals surface area contributed by atoms with Crippen molar-refractivity contribution in [3.63, 3.8) is 0 Å². The van der Waals surface area contributed by atoms with Crippen molar-refractivity contribution in [2.75, 3.05) is 12.0 Å². The summed E-state index contributed by atoms with van der Waals surface area (Å²) in [7, 11) is 1.57. The molecule has 1 heterocycles. The number of hydrogen-bond acceptors (Lipinski definition) is 4. The third-order valence-corrected chi connectivity index (χ3v) is 4.51. The second-order valence-electron chi connectivity index (χ2n) is 6.37. The van der Waals surface area contributed by atoms with Gasteiger partial charge in [-0.2, -0.15) is 0 Å². The maximum absolute atomic E-state index is 14.1.